The Morgan fingerprint density at radius 2 is 1.88 bits per heavy atom. The first-order chi connectivity index (χ1) is 15.7. The molecule has 0 unspecified atom stereocenters. The van der Waals surface area contributed by atoms with E-state index in [0.717, 1.165) is 4.57 Å². The average Bonchev–Trinajstić information content (AvgIpc) is 3.28. The highest BCUT2D eigenvalue weighted by Gasteiger charge is 2.55. The van der Waals surface area contributed by atoms with E-state index in [1.165, 1.54) is 12.3 Å². The summed E-state index contributed by atoms with van der Waals surface area (Å²) in [5.41, 5.74) is 1.52. The van der Waals surface area contributed by atoms with Gasteiger partial charge in [-0.2, -0.15) is 4.98 Å². The van der Waals surface area contributed by atoms with Gasteiger partial charge in [0.2, 0.25) is 0 Å². The van der Waals surface area contributed by atoms with E-state index in [1.807, 2.05) is 0 Å². The number of carbonyl (C=O) groups is 3. The van der Waals surface area contributed by atoms with Crippen molar-refractivity contribution in [1.29, 1.82) is 0 Å². The first-order valence-corrected chi connectivity index (χ1v) is 10.2. The molecule has 2 aliphatic rings. The number of hydrogen-bond donors (Lipinski definition) is 1. The normalized spacial score (nSPS) is 23.6. The molecule has 2 fully saturated rings. The minimum absolute atomic E-state index is 0.00860. The van der Waals surface area contributed by atoms with Crippen LogP contribution in [0.3, 0.4) is 0 Å². The highest BCUT2D eigenvalue weighted by Crippen LogP contribution is 2.37. The van der Waals surface area contributed by atoms with Crippen molar-refractivity contribution >= 4 is 24.1 Å². The molecule has 2 saturated heterocycles. The fraction of sp³-hybridized carbons (Fsp3) is 0.632. The van der Waals surface area contributed by atoms with Crippen LogP contribution < -0.4 is 11.2 Å². The molecule has 0 radical (unpaired) electrons. The van der Waals surface area contributed by atoms with Crippen molar-refractivity contribution in [3.05, 3.63) is 22.7 Å². The van der Waals surface area contributed by atoms with Crippen LogP contribution in [0.1, 0.15) is 33.9 Å². The zero-order chi connectivity index (χ0) is 24.1. The number of ether oxygens (including phenoxy) is 6. The van der Waals surface area contributed by atoms with Crippen molar-refractivity contribution in [2.45, 2.75) is 58.3 Å². The molecular weight excluding hydrogens is 446 g/mol. The first kappa shape index (κ1) is 24.3. The molecule has 1 aromatic heterocycles. The van der Waals surface area contributed by atoms with E-state index < -0.39 is 48.5 Å². The van der Waals surface area contributed by atoms with Crippen molar-refractivity contribution in [3.63, 3.8) is 0 Å². The molecule has 2 aliphatic heterocycles. The van der Waals surface area contributed by atoms with Gasteiger partial charge in [-0.15, -0.1) is 0 Å². The molecule has 0 bridgehead atoms. The molecule has 1 aromatic rings. The Bertz CT molecular complexity index is 932. The molecule has 0 saturated carbocycles. The largest absolute Gasteiger partial charge is 0.510 e. The van der Waals surface area contributed by atoms with Crippen LogP contribution in [-0.2, 0) is 38.1 Å². The lowest BCUT2D eigenvalue weighted by atomic mass is 10.1. The summed E-state index contributed by atoms with van der Waals surface area (Å²) < 4.78 is 31.9. The monoisotopic (exact) mass is 471 g/mol. The van der Waals surface area contributed by atoms with Crippen molar-refractivity contribution in [2.75, 3.05) is 18.9 Å². The number of carbonyl (C=O) groups excluding carboxylic acids is 3. The summed E-state index contributed by atoms with van der Waals surface area (Å²) in [6.07, 6.45) is -4.71. The molecule has 0 aliphatic carbocycles. The van der Waals surface area contributed by atoms with E-state index in [9.17, 15) is 19.2 Å². The molecule has 3 heterocycles. The number of hydrogen-bond acceptors (Lipinski definition) is 13. The van der Waals surface area contributed by atoms with Crippen molar-refractivity contribution in [1.82, 2.24) is 9.55 Å². The standard InChI is InChI=1S/C19H25N3O11/c1-9(2)16(23)33-21-12-5-6-22(17(24)20-12)15-14-13(31-19(26)32-14)11(30-15)7-27-18(25)29-8-28-10(3)4/h5-6,9-11,13-15H,7-8H2,1-4H3,(H,20,21,24)/t11-,13-,14-,15-/m1/s1. The molecule has 4 atom stereocenters. The lowest BCUT2D eigenvalue weighted by Gasteiger charge is -2.18. The average molecular weight is 471 g/mol. The van der Waals surface area contributed by atoms with E-state index in [-0.39, 0.29) is 31.2 Å². The molecule has 33 heavy (non-hydrogen) atoms. The van der Waals surface area contributed by atoms with Crippen LogP contribution in [0.4, 0.5) is 15.4 Å². The van der Waals surface area contributed by atoms with E-state index in [1.54, 1.807) is 27.7 Å². The number of rotatable bonds is 9. The van der Waals surface area contributed by atoms with E-state index >= 15 is 0 Å². The quantitative estimate of drug-likeness (QED) is 0.236. The van der Waals surface area contributed by atoms with Gasteiger partial charge in [-0.25, -0.2) is 24.7 Å². The Hall–Kier alpha value is -3.39. The van der Waals surface area contributed by atoms with Crippen LogP contribution in [0.2, 0.25) is 0 Å². The summed E-state index contributed by atoms with van der Waals surface area (Å²) in [6.45, 7) is 6.21. The molecule has 3 rings (SSSR count). The van der Waals surface area contributed by atoms with Crippen LogP contribution in [0.15, 0.2) is 17.1 Å². The summed E-state index contributed by atoms with van der Waals surface area (Å²) >= 11 is 0. The van der Waals surface area contributed by atoms with Crippen LogP contribution in [-0.4, -0.2) is 65.6 Å². The van der Waals surface area contributed by atoms with Gasteiger partial charge in [0.05, 0.1) is 12.0 Å². The maximum absolute atomic E-state index is 12.5. The van der Waals surface area contributed by atoms with Gasteiger partial charge < -0.3 is 33.3 Å². The lowest BCUT2D eigenvalue weighted by Crippen LogP contribution is -2.34. The highest BCUT2D eigenvalue weighted by atomic mass is 16.8. The molecule has 14 heteroatoms. The molecule has 182 valence electrons. The van der Waals surface area contributed by atoms with Gasteiger partial charge in [0, 0.05) is 12.3 Å². The van der Waals surface area contributed by atoms with Crippen molar-refractivity contribution in [3.8, 4) is 0 Å². The number of nitrogens with one attached hydrogen (secondary N) is 1. The van der Waals surface area contributed by atoms with Crippen molar-refractivity contribution < 1.29 is 47.6 Å². The van der Waals surface area contributed by atoms with Crippen molar-refractivity contribution in [2.24, 2.45) is 5.92 Å². The predicted molar refractivity (Wildman–Crippen MR) is 106 cm³/mol. The van der Waals surface area contributed by atoms with Gasteiger partial charge in [-0.3, -0.25) is 4.57 Å². The Morgan fingerprint density at radius 3 is 2.55 bits per heavy atom. The minimum Gasteiger partial charge on any atom is -0.431 e. The Kier molecular flexibility index (Phi) is 7.71. The summed E-state index contributed by atoms with van der Waals surface area (Å²) in [5.74, 6) is -0.918. The summed E-state index contributed by atoms with van der Waals surface area (Å²) in [5, 5.41) is 0. The second-order valence-electron chi connectivity index (χ2n) is 7.70. The van der Waals surface area contributed by atoms with E-state index in [2.05, 4.69) is 10.5 Å². The van der Waals surface area contributed by atoms with Crippen LogP contribution in [0, 0.1) is 5.92 Å². The van der Waals surface area contributed by atoms with Crippen LogP contribution >= 0.6 is 0 Å². The number of anilines is 1. The zero-order valence-corrected chi connectivity index (χ0v) is 18.4. The van der Waals surface area contributed by atoms with Gasteiger partial charge >= 0.3 is 24.0 Å². The smallest absolute Gasteiger partial charge is 0.431 e. The summed E-state index contributed by atoms with van der Waals surface area (Å²) in [4.78, 5) is 56.0. The Labute approximate surface area is 187 Å². The second kappa shape index (κ2) is 10.5. The van der Waals surface area contributed by atoms with Crippen LogP contribution in [0.25, 0.3) is 0 Å². The third-order valence-electron chi connectivity index (χ3n) is 4.53. The highest BCUT2D eigenvalue weighted by molar-refractivity contribution is 5.72. The zero-order valence-electron chi connectivity index (χ0n) is 18.4. The molecule has 0 spiro atoms. The third-order valence-corrected chi connectivity index (χ3v) is 4.53. The minimum atomic E-state index is -1.09. The number of aromatic nitrogens is 2. The van der Waals surface area contributed by atoms with E-state index in [0.29, 0.717) is 0 Å². The number of nitrogens with zero attached hydrogens (tertiary/aromatic N) is 2. The third kappa shape index (κ3) is 6.10. The van der Waals surface area contributed by atoms with Gasteiger partial charge in [0.1, 0.15) is 12.7 Å². The van der Waals surface area contributed by atoms with Gasteiger partial charge in [0.25, 0.3) is 0 Å². The molecule has 14 nitrogen and oxygen atoms in total. The van der Waals surface area contributed by atoms with Gasteiger partial charge in [-0.1, -0.05) is 13.8 Å². The summed E-state index contributed by atoms with van der Waals surface area (Å²) in [7, 11) is 0. The Balaban J connectivity index is 1.63. The SMILES string of the molecule is CC(C)OCOC(=O)OC[C@H]1O[C@@H](n2ccc(NOC(=O)C(C)C)nc2=O)[C@@H]2OC(=O)O[C@@H]21. The fourth-order valence-electron chi connectivity index (χ4n) is 2.88. The number of fused-ring (bicyclic) bond motifs is 1. The maximum atomic E-state index is 12.5. The van der Waals surface area contributed by atoms with E-state index in [4.69, 9.17) is 33.3 Å². The second-order valence-corrected chi connectivity index (χ2v) is 7.70. The van der Waals surface area contributed by atoms with Gasteiger partial charge in [0.15, 0.2) is 31.0 Å². The Morgan fingerprint density at radius 1 is 1.15 bits per heavy atom. The maximum Gasteiger partial charge on any atom is 0.510 e. The van der Waals surface area contributed by atoms with Crippen LogP contribution in [0.5, 0.6) is 0 Å². The lowest BCUT2D eigenvalue weighted by molar-refractivity contribution is -0.144. The fourth-order valence-corrected chi connectivity index (χ4v) is 2.88. The molecule has 0 amide bonds. The first-order valence-electron chi connectivity index (χ1n) is 10.2. The molecular formula is C19H25N3O11. The predicted octanol–water partition coefficient (Wildman–Crippen LogP) is 1.11. The summed E-state index contributed by atoms with van der Waals surface area (Å²) in [6, 6.07) is 1.36. The topological polar surface area (TPSA) is 163 Å². The van der Waals surface area contributed by atoms with Gasteiger partial charge in [-0.05, 0) is 13.8 Å². The molecule has 1 N–H and O–H groups in total. The molecule has 0 aromatic carbocycles.